The summed E-state index contributed by atoms with van der Waals surface area (Å²) in [5, 5.41) is 0. The normalized spacial score (nSPS) is 9.64. The Morgan fingerprint density at radius 1 is 1.14 bits per heavy atom. The summed E-state index contributed by atoms with van der Waals surface area (Å²) in [6, 6.07) is 10.4. The van der Waals surface area contributed by atoms with Gasteiger partial charge in [0.05, 0.1) is 14.1 Å². The van der Waals surface area contributed by atoms with E-state index in [9.17, 15) is 0 Å². The standard InChI is InChI=1S/C12H16N.BrH/c1-4-5-11-13(2,3)12-9-7-6-8-10-12;/h6-10H,11H2,1-3H3;1H/q+1;/p-1. The maximum Gasteiger partial charge on any atom is 0.145 e. The molecule has 0 amide bonds. The van der Waals surface area contributed by atoms with Gasteiger partial charge >= 0.3 is 0 Å². The molecule has 76 valence electrons. The average Bonchev–Trinajstić information content (AvgIpc) is 2.16. The Kier molecular flexibility index (Phi) is 5.52. The van der Waals surface area contributed by atoms with E-state index in [0.29, 0.717) is 0 Å². The van der Waals surface area contributed by atoms with E-state index in [2.05, 4.69) is 50.2 Å². The highest BCUT2D eigenvalue weighted by Gasteiger charge is 2.15. The minimum Gasteiger partial charge on any atom is -1.00 e. The molecule has 0 aliphatic carbocycles. The maximum absolute atomic E-state index is 3.11. The van der Waals surface area contributed by atoms with E-state index < -0.39 is 0 Å². The van der Waals surface area contributed by atoms with E-state index in [4.69, 9.17) is 0 Å². The molecule has 1 nitrogen and oxygen atoms in total. The summed E-state index contributed by atoms with van der Waals surface area (Å²) >= 11 is 0. The minimum absolute atomic E-state index is 0. The largest absolute Gasteiger partial charge is 1.00 e. The predicted molar refractivity (Wildman–Crippen MR) is 58.4 cm³/mol. The van der Waals surface area contributed by atoms with Crippen LogP contribution in [0.2, 0.25) is 0 Å². The molecule has 0 saturated heterocycles. The van der Waals surface area contributed by atoms with Crippen molar-refractivity contribution in [3.63, 3.8) is 0 Å². The summed E-state index contributed by atoms with van der Waals surface area (Å²) in [6.45, 7) is 2.74. The Labute approximate surface area is 97.1 Å². The van der Waals surface area contributed by atoms with Gasteiger partial charge in [-0.15, -0.1) is 5.92 Å². The molecule has 0 saturated carbocycles. The first-order valence-corrected chi connectivity index (χ1v) is 4.45. The van der Waals surface area contributed by atoms with Crippen LogP contribution in [0.4, 0.5) is 5.69 Å². The van der Waals surface area contributed by atoms with Gasteiger partial charge in [0.25, 0.3) is 0 Å². The molecule has 0 atom stereocenters. The topological polar surface area (TPSA) is 0 Å². The molecule has 0 aromatic heterocycles. The maximum atomic E-state index is 3.11. The van der Waals surface area contributed by atoms with E-state index in [-0.39, 0.29) is 17.0 Å². The molecule has 14 heavy (non-hydrogen) atoms. The van der Waals surface area contributed by atoms with Crippen LogP contribution in [-0.2, 0) is 0 Å². The number of benzene rings is 1. The molecule has 0 unspecified atom stereocenters. The van der Waals surface area contributed by atoms with Crippen molar-refractivity contribution in [2.45, 2.75) is 6.92 Å². The first kappa shape index (κ1) is 13.2. The zero-order valence-electron chi connectivity index (χ0n) is 8.92. The molecule has 0 aliphatic heterocycles. The third kappa shape index (κ3) is 3.53. The second-order valence-corrected chi connectivity index (χ2v) is 3.61. The third-order valence-electron chi connectivity index (χ3n) is 2.11. The van der Waals surface area contributed by atoms with Gasteiger partial charge in [-0.25, -0.2) is 0 Å². The Hall–Kier alpha value is -0.780. The van der Waals surface area contributed by atoms with Crippen LogP contribution in [-0.4, -0.2) is 20.6 Å². The summed E-state index contributed by atoms with van der Waals surface area (Å²) < 4.78 is 0.821. The summed E-state index contributed by atoms with van der Waals surface area (Å²) in [5.41, 5.74) is 1.30. The van der Waals surface area contributed by atoms with Crippen LogP contribution < -0.4 is 21.5 Å². The second-order valence-electron chi connectivity index (χ2n) is 3.61. The number of hydrogen-bond donors (Lipinski definition) is 0. The molecule has 0 aliphatic rings. The minimum atomic E-state index is 0. The molecule has 0 bridgehead atoms. The quantitative estimate of drug-likeness (QED) is 0.483. The predicted octanol–water partition coefficient (Wildman–Crippen LogP) is -0.719. The smallest absolute Gasteiger partial charge is 0.145 e. The number of quaternary nitrogens is 1. The van der Waals surface area contributed by atoms with Crippen molar-refractivity contribution in [1.82, 2.24) is 4.48 Å². The summed E-state index contributed by atoms with van der Waals surface area (Å²) in [6.07, 6.45) is 0. The SMILES string of the molecule is CC#CC[N+](C)(C)c1ccccc1.[Br-]. The highest BCUT2D eigenvalue weighted by Crippen LogP contribution is 2.16. The van der Waals surface area contributed by atoms with Crippen LogP contribution in [0.5, 0.6) is 0 Å². The zero-order chi connectivity index (χ0) is 9.73. The van der Waals surface area contributed by atoms with Crippen molar-refractivity contribution in [2.24, 2.45) is 0 Å². The molecule has 0 spiro atoms. The fourth-order valence-corrected chi connectivity index (χ4v) is 1.20. The summed E-state index contributed by atoms with van der Waals surface area (Å²) in [7, 11) is 4.33. The van der Waals surface area contributed by atoms with Crippen LogP contribution in [0.15, 0.2) is 30.3 Å². The third-order valence-corrected chi connectivity index (χ3v) is 2.11. The van der Waals surface area contributed by atoms with Gasteiger partial charge in [0.2, 0.25) is 0 Å². The van der Waals surface area contributed by atoms with Crippen molar-refractivity contribution >= 4 is 5.69 Å². The number of hydrogen-bond acceptors (Lipinski definition) is 0. The first-order chi connectivity index (χ1) is 6.17. The van der Waals surface area contributed by atoms with Gasteiger partial charge in [-0.05, 0) is 25.0 Å². The van der Waals surface area contributed by atoms with Crippen molar-refractivity contribution < 1.29 is 17.0 Å². The second kappa shape index (κ2) is 5.85. The van der Waals surface area contributed by atoms with Gasteiger partial charge in [-0.2, -0.15) is 0 Å². The van der Waals surface area contributed by atoms with Crippen LogP contribution in [0.1, 0.15) is 6.92 Å². The Bertz CT molecular complexity index is 319. The fourth-order valence-electron chi connectivity index (χ4n) is 1.20. The molecular formula is C12H16BrN. The Morgan fingerprint density at radius 2 is 1.71 bits per heavy atom. The number of nitrogens with zero attached hydrogens (tertiary/aromatic N) is 1. The van der Waals surface area contributed by atoms with Gasteiger partial charge in [-0.3, -0.25) is 4.48 Å². The van der Waals surface area contributed by atoms with Crippen molar-refractivity contribution in [3.05, 3.63) is 30.3 Å². The Morgan fingerprint density at radius 3 is 2.21 bits per heavy atom. The number of halogens is 1. The lowest BCUT2D eigenvalue weighted by atomic mass is 10.2. The van der Waals surface area contributed by atoms with Crippen LogP contribution in [0.3, 0.4) is 0 Å². The van der Waals surface area contributed by atoms with E-state index in [1.807, 2.05) is 13.0 Å². The van der Waals surface area contributed by atoms with E-state index >= 15 is 0 Å². The lowest BCUT2D eigenvalue weighted by Crippen LogP contribution is -3.00. The molecule has 0 fully saturated rings. The zero-order valence-corrected chi connectivity index (χ0v) is 10.5. The van der Waals surface area contributed by atoms with Gasteiger partial charge < -0.3 is 17.0 Å². The van der Waals surface area contributed by atoms with Crippen LogP contribution >= 0.6 is 0 Å². The molecule has 1 aromatic carbocycles. The lowest BCUT2D eigenvalue weighted by Gasteiger charge is -2.26. The number of rotatable bonds is 2. The van der Waals surface area contributed by atoms with Crippen LogP contribution in [0.25, 0.3) is 0 Å². The molecule has 1 rings (SSSR count). The monoisotopic (exact) mass is 253 g/mol. The highest BCUT2D eigenvalue weighted by molar-refractivity contribution is 5.42. The molecule has 0 N–H and O–H groups in total. The summed E-state index contributed by atoms with van der Waals surface area (Å²) in [5.74, 6) is 6.04. The van der Waals surface area contributed by atoms with Crippen molar-refractivity contribution in [1.29, 1.82) is 0 Å². The van der Waals surface area contributed by atoms with Crippen molar-refractivity contribution in [3.8, 4) is 11.8 Å². The van der Waals surface area contributed by atoms with E-state index in [1.165, 1.54) is 5.69 Å². The van der Waals surface area contributed by atoms with E-state index in [1.54, 1.807) is 0 Å². The van der Waals surface area contributed by atoms with Gasteiger partial charge in [0.1, 0.15) is 12.2 Å². The van der Waals surface area contributed by atoms with E-state index in [0.717, 1.165) is 11.0 Å². The molecule has 2 heteroatoms. The molecule has 0 heterocycles. The highest BCUT2D eigenvalue weighted by atomic mass is 79.9. The van der Waals surface area contributed by atoms with Gasteiger partial charge in [0.15, 0.2) is 0 Å². The van der Waals surface area contributed by atoms with Gasteiger partial charge in [0, 0.05) is 0 Å². The number of para-hydroxylation sites is 1. The summed E-state index contributed by atoms with van der Waals surface area (Å²) in [4.78, 5) is 0. The van der Waals surface area contributed by atoms with Gasteiger partial charge in [-0.1, -0.05) is 18.2 Å². The fraction of sp³-hybridized carbons (Fsp3) is 0.333. The Balaban J connectivity index is 0.00000169. The van der Waals surface area contributed by atoms with Crippen LogP contribution in [0, 0.1) is 11.8 Å². The molecular weight excluding hydrogens is 238 g/mol. The van der Waals surface area contributed by atoms with Crippen molar-refractivity contribution in [2.75, 3.05) is 20.6 Å². The average molecular weight is 254 g/mol. The lowest BCUT2D eigenvalue weighted by molar-refractivity contribution is -0.00000290. The first-order valence-electron chi connectivity index (χ1n) is 4.45. The molecule has 0 radical (unpaired) electrons. The molecule has 1 aromatic rings.